The zero-order valence-corrected chi connectivity index (χ0v) is 11.9. The van der Waals surface area contributed by atoms with Crippen LogP contribution in [0.25, 0.3) is 5.69 Å². The predicted octanol–water partition coefficient (Wildman–Crippen LogP) is 2.47. The van der Waals surface area contributed by atoms with E-state index in [2.05, 4.69) is 15.6 Å². The number of nitrogens with one attached hydrogen (secondary N) is 1. The smallest absolute Gasteiger partial charge is 0.106 e. The number of halogens is 1. The molecule has 1 aromatic heterocycles. The molecule has 106 valence electrons. The molecule has 0 bridgehead atoms. The first kappa shape index (κ1) is 13.8. The van der Waals surface area contributed by atoms with Gasteiger partial charge in [-0.25, -0.2) is 5.43 Å². The third kappa shape index (κ3) is 2.95. The Balaban J connectivity index is 1.92. The van der Waals surface area contributed by atoms with Gasteiger partial charge in [0, 0.05) is 5.02 Å². The highest BCUT2D eigenvalue weighted by Crippen LogP contribution is 2.21. The molecule has 5 nitrogen and oxygen atoms in total. The van der Waals surface area contributed by atoms with E-state index in [9.17, 15) is 0 Å². The molecule has 1 heterocycles. The van der Waals surface area contributed by atoms with Crippen molar-refractivity contribution in [2.24, 2.45) is 5.84 Å². The number of hydrazine groups is 1. The van der Waals surface area contributed by atoms with Crippen LogP contribution in [0.15, 0.2) is 60.8 Å². The van der Waals surface area contributed by atoms with E-state index in [-0.39, 0.29) is 6.04 Å². The summed E-state index contributed by atoms with van der Waals surface area (Å²) in [6, 6.07) is 16.9. The van der Waals surface area contributed by atoms with Crippen molar-refractivity contribution in [2.45, 2.75) is 6.04 Å². The monoisotopic (exact) mass is 299 g/mol. The summed E-state index contributed by atoms with van der Waals surface area (Å²) in [5.74, 6) is 5.66. The normalized spacial score (nSPS) is 12.3. The maximum absolute atomic E-state index is 5.91. The number of benzene rings is 2. The van der Waals surface area contributed by atoms with Crippen LogP contribution in [0.2, 0.25) is 5.02 Å². The van der Waals surface area contributed by atoms with Gasteiger partial charge in [-0.2, -0.15) is 15.0 Å². The minimum absolute atomic E-state index is 0.236. The van der Waals surface area contributed by atoms with Gasteiger partial charge in [0.05, 0.1) is 17.9 Å². The van der Waals surface area contributed by atoms with Crippen LogP contribution in [-0.2, 0) is 0 Å². The van der Waals surface area contributed by atoms with Gasteiger partial charge in [0.15, 0.2) is 0 Å². The van der Waals surface area contributed by atoms with E-state index >= 15 is 0 Å². The lowest BCUT2D eigenvalue weighted by Gasteiger charge is -2.13. The summed E-state index contributed by atoms with van der Waals surface area (Å²) in [4.78, 5) is 1.58. The first-order valence-electron chi connectivity index (χ1n) is 6.47. The van der Waals surface area contributed by atoms with Crippen LogP contribution >= 0.6 is 11.6 Å². The number of aromatic nitrogens is 3. The van der Waals surface area contributed by atoms with E-state index in [4.69, 9.17) is 17.4 Å². The van der Waals surface area contributed by atoms with Crippen LogP contribution in [-0.4, -0.2) is 15.0 Å². The summed E-state index contributed by atoms with van der Waals surface area (Å²) in [5.41, 5.74) is 5.37. The molecule has 3 aromatic rings. The number of rotatable bonds is 4. The Hall–Kier alpha value is -2.21. The highest BCUT2D eigenvalue weighted by molar-refractivity contribution is 6.30. The summed E-state index contributed by atoms with van der Waals surface area (Å²) in [6.07, 6.45) is 1.70. The van der Waals surface area contributed by atoms with Gasteiger partial charge in [0.2, 0.25) is 0 Å². The molecule has 2 aromatic carbocycles. The van der Waals surface area contributed by atoms with Gasteiger partial charge in [-0.05, 0) is 29.8 Å². The van der Waals surface area contributed by atoms with Crippen LogP contribution in [0.1, 0.15) is 17.3 Å². The molecule has 1 atom stereocenters. The Morgan fingerprint density at radius 2 is 1.76 bits per heavy atom. The molecule has 21 heavy (non-hydrogen) atoms. The minimum atomic E-state index is -0.236. The molecule has 3 rings (SSSR count). The molecule has 0 fully saturated rings. The Morgan fingerprint density at radius 3 is 2.43 bits per heavy atom. The summed E-state index contributed by atoms with van der Waals surface area (Å²) >= 11 is 5.91. The minimum Gasteiger partial charge on any atom is -0.271 e. The first-order chi connectivity index (χ1) is 10.3. The first-order valence-corrected chi connectivity index (χ1v) is 6.85. The quantitative estimate of drug-likeness (QED) is 0.573. The molecule has 6 heteroatoms. The van der Waals surface area contributed by atoms with Gasteiger partial charge in [0.1, 0.15) is 5.69 Å². The molecule has 0 spiro atoms. The Kier molecular flexibility index (Phi) is 3.96. The fourth-order valence-electron chi connectivity index (χ4n) is 2.10. The number of nitrogens with two attached hydrogens (primary N) is 1. The van der Waals surface area contributed by atoms with E-state index in [0.717, 1.165) is 16.9 Å². The number of hydrogen-bond donors (Lipinski definition) is 2. The van der Waals surface area contributed by atoms with Gasteiger partial charge in [-0.1, -0.05) is 41.9 Å². The molecule has 0 aliphatic heterocycles. The van der Waals surface area contributed by atoms with Crippen LogP contribution in [0.3, 0.4) is 0 Å². The Morgan fingerprint density at radius 1 is 1.05 bits per heavy atom. The molecule has 0 aliphatic carbocycles. The van der Waals surface area contributed by atoms with Gasteiger partial charge in [-0.15, -0.1) is 0 Å². The number of nitrogens with zero attached hydrogens (tertiary/aromatic N) is 3. The molecule has 0 saturated heterocycles. The molecule has 0 aliphatic rings. The SMILES string of the molecule is NNC(c1ccc(Cl)cc1)c1cnn(-c2ccccc2)n1. The Labute approximate surface area is 127 Å². The van der Waals surface area contributed by atoms with E-state index in [0.29, 0.717) is 5.02 Å². The van der Waals surface area contributed by atoms with Crippen molar-refractivity contribution in [3.8, 4) is 5.69 Å². The maximum Gasteiger partial charge on any atom is 0.106 e. The largest absolute Gasteiger partial charge is 0.271 e. The molecule has 0 saturated carbocycles. The number of hydrogen-bond acceptors (Lipinski definition) is 4. The second-order valence-electron chi connectivity index (χ2n) is 4.55. The topological polar surface area (TPSA) is 68.8 Å². The van der Waals surface area contributed by atoms with E-state index in [1.807, 2.05) is 54.6 Å². The fourth-order valence-corrected chi connectivity index (χ4v) is 2.23. The average Bonchev–Trinajstić information content (AvgIpc) is 3.00. The third-order valence-corrected chi connectivity index (χ3v) is 3.41. The Bertz CT molecular complexity index is 708. The molecular formula is C15H14ClN5. The highest BCUT2D eigenvalue weighted by Gasteiger charge is 2.16. The zero-order valence-electron chi connectivity index (χ0n) is 11.1. The summed E-state index contributed by atoms with van der Waals surface area (Å²) < 4.78 is 0. The van der Waals surface area contributed by atoms with Crippen molar-refractivity contribution in [3.05, 3.63) is 77.1 Å². The van der Waals surface area contributed by atoms with E-state index in [1.165, 1.54) is 0 Å². The van der Waals surface area contributed by atoms with Crippen molar-refractivity contribution >= 4 is 11.6 Å². The van der Waals surface area contributed by atoms with Crippen molar-refractivity contribution in [3.63, 3.8) is 0 Å². The summed E-state index contributed by atoms with van der Waals surface area (Å²) in [5, 5.41) is 9.45. The predicted molar refractivity (Wildman–Crippen MR) is 82.0 cm³/mol. The van der Waals surface area contributed by atoms with Crippen molar-refractivity contribution in [1.29, 1.82) is 0 Å². The summed E-state index contributed by atoms with van der Waals surface area (Å²) in [6.45, 7) is 0. The van der Waals surface area contributed by atoms with Crippen LogP contribution in [0, 0.1) is 0 Å². The summed E-state index contributed by atoms with van der Waals surface area (Å²) in [7, 11) is 0. The highest BCUT2D eigenvalue weighted by atomic mass is 35.5. The van der Waals surface area contributed by atoms with Crippen molar-refractivity contribution in [1.82, 2.24) is 20.4 Å². The van der Waals surface area contributed by atoms with Crippen molar-refractivity contribution in [2.75, 3.05) is 0 Å². The molecule has 3 N–H and O–H groups in total. The molecule has 0 radical (unpaired) electrons. The van der Waals surface area contributed by atoms with E-state index in [1.54, 1.807) is 11.0 Å². The standard InChI is InChI=1S/C15H14ClN5/c16-12-8-6-11(7-9-12)15(19-17)14-10-18-21(20-14)13-4-2-1-3-5-13/h1-10,15,19H,17H2. The van der Waals surface area contributed by atoms with Crippen LogP contribution < -0.4 is 11.3 Å². The van der Waals surface area contributed by atoms with Crippen molar-refractivity contribution < 1.29 is 0 Å². The average molecular weight is 300 g/mol. The van der Waals surface area contributed by atoms with Gasteiger partial charge < -0.3 is 0 Å². The van der Waals surface area contributed by atoms with Gasteiger partial charge in [0.25, 0.3) is 0 Å². The number of para-hydroxylation sites is 1. The lowest BCUT2D eigenvalue weighted by Crippen LogP contribution is -2.29. The van der Waals surface area contributed by atoms with Crippen LogP contribution in [0.5, 0.6) is 0 Å². The van der Waals surface area contributed by atoms with Gasteiger partial charge in [-0.3, -0.25) is 5.84 Å². The second-order valence-corrected chi connectivity index (χ2v) is 4.98. The second kappa shape index (κ2) is 6.05. The molecular weight excluding hydrogens is 286 g/mol. The van der Waals surface area contributed by atoms with Crippen LogP contribution in [0.4, 0.5) is 0 Å². The molecule has 1 unspecified atom stereocenters. The zero-order chi connectivity index (χ0) is 14.7. The lowest BCUT2D eigenvalue weighted by molar-refractivity contribution is 0.609. The fraction of sp³-hybridized carbons (Fsp3) is 0.0667. The van der Waals surface area contributed by atoms with E-state index < -0.39 is 0 Å². The lowest BCUT2D eigenvalue weighted by atomic mass is 10.1. The molecule has 0 amide bonds. The third-order valence-electron chi connectivity index (χ3n) is 3.16. The maximum atomic E-state index is 5.91. The van der Waals surface area contributed by atoms with Gasteiger partial charge >= 0.3 is 0 Å².